The van der Waals surface area contributed by atoms with Gasteiger partial charge in [0, 0.05) is 0 Å². The predicted octanol–water partition coefficient (Wildman–Crippen LogP) is -1.51. The van der Waals surface area contributed by atoms with E-state index in [9.17, 15) is 0 Å². The predicted molar refractivity (Wildman–Crippen MR) is 31.8 cm³/mol. The number of halogens is 1. The molecular weight excluding hydrogens is 213 g/mol. The summed E-state index contributed by atoms with van der Waals surface area (Å²) in [5.41, 5.74) is 0. The van der Waals surface area contributed by atoms with Gasteiger partial charge in [-0.25, -0.2) is 0 Å². The number of hydrogen-bond donors (Lipinski definition) is 0. The van der Waals surface area contributed by atoms with E-state index in [1.54, 1.807) is 0 Å². The molecule has 0 heterocycles. The molecule has 0 N–H and O–H groups in total. The third-order valence-corrected chi connectivity index (χ3v) is 3.72. The van der Waals surface area contributed by atoms with Crippen LogP contribution in [0.3, 0.4) is 0 Å². The Bertz CT molecular complexity index is 78.6. The Balaban J connectivity index is 1.93. The SMILES string of the molecule is C=N[I-]CC1CCC1. The van der Waals surface area contributed by atoms with Crippen LogP contribution in [0.25, 0.3) is 0 Å². The van der Waals surface area contributed by atoms with Crippen molar-refractivity contribution < 1.29 is 21.5 Å². The van der Waals surface area contributed by atoms with Gasteiger partial charge in [0.25, 0.3) is 0 Å². The van der Waals surface area contributed by atoms with Crippen molar-refractivity contribution in [3.8, 4) is 0 Å². The summed E-state index contributed by atoms with van der Waals surface area (Å²) in [6, 6.07) is 0. The van der Waals surface area contributed by atoms with Crippen molar-refractivity contribution in [2.24, 2.45) is 9.12 Å². The van der Waals surface area contributed by atoms with Gasteiger partial charge in [-0.2, -0.15) is 0 Å². The second-order valence-corrected chi connectivity index (χ2v) is 4.44. The zero-order chi connectivity index (χ0) is 5.82. The van der Waals surface area contributed by atoms with Gasteiger partial charge in [0.2, 0.25) is 0 Å². The quantitative estimate of drug-likeness (QED) is 0.314. The first kappa shape index (κ1) is 6.52. The van der Waals surface area contributed by atoms with Crippen molar-refractivity contribution in [1.29, 1.82) is 0 Å². The Morgan fingerprint density at radius 3 is 2.75 bits per heavy atom. The van der Waals surface area contributed by atoms with Gasteiger partial charge in [-0.05, 0) is 0 Å². The maximum atomic E-state index is 3.92. The van der Waals surface area contributed by atoms with Gasteiger partial charge in [0.1, 0.15) is 0 Å². The summed E-state index contributed by atoms with van der Waals surface area (Å²) >= 11 is 0.146. The molecule has 48 valence electrons. The number of alkyl halides is 1. The van der Waals surface area contributed by atoms with E-state index < -0.39 is 0 Å². The summed E-state index contributed by atoms with van der Waals surface area (Å²) in [6.07, 6.45) is 4.40. The fourth-order valence-electron chi connectivity index (χ4n) is 0.793. The minimum absolute atomic E-state index is 0.146. The Morgan fingerprint density at radius 1 is 1.62 bits per heavy atom. The molecule has 1 aliphatic carbocycles. The summed E-state index contributed by atoms with van der Waals surface area (Å²) in [6.45, 7) is 3.49. The van der Waals surface area contributed by atoms with E-state index in [1.165, 1.54) is 23.7 Å². The Hall–Kier alpha value is 0.400. The fraction of sp³-hybridized carbons (Fsp3) is 0.833. The molecule has 0 amide bonds. The molecule has 2 heteroatoms. The molecule has 1 rings (SSSR count). The van der Waals surface area contributed by atoms with Gasteiger partial charge < -0.3 is 0 Å². The van der Waals surface area contributed by atoms with Crippen molar-refractivity contribution >= 4 is 6.72 Å². The Morgan fingerprint density at radius 2 is 2.38 bits per heavy atom. The monoisotopic (exact) mass is 224 g/mol. The first-order valence-electron chi connectivity index (χ1n) is 2.98. The van der Waals surface area contributed by atoms with Gasteiger partial charge in [0.05, 0.1) is 0 Å². The third kappa shape index (κ3) is 1.73. The Kier molecular flexibility index (Phi) is 2.80. The van der Waals surface area contributed by atoms with Crippen molar-refractivity contribution in [1.82, 2.24) is 0 Å². The Labute approximate surface area is 61.2 Å². The molecule has 8 heavy (non-hydrogen) atoms. The third-order valence-electron chi connectivity index (χ3n) is 1.60. The number of nitrogens with zero attached hydrogens (tertiary/aromatic N) is 1. The van der Waals surface area contributed by atoms with E-state index in [0.717, 1.165) is 5.92 Å². The topological polar surface area (TPSA) is 12.4 Å². The van der Waals surface area contributed by atoms with Crippen molar-refractivity contribution in [2.45, 2.75) is 19.3 Å². The van der Waals surface area contributed by atoms with Crippen molar-refractivity contribution in [3.63, 3.8) is 0 Å². The summed E-state index contributed by atoms with van der Waals surface area (Å²) in [4.78, 5) is 0. The summed E-state index contributed by atoms with van der Waals surface area (Å²) < 4.78 is 5.31. The molecular formula is C6H11IN-. The van der Waals surface area contributed by atoms with Crippen LogP contribution in [0.1, 0.15) is 19.3 Å². The van der Waals surface area contributed by atoms with E-state index in [2.05, 4.69) is 9.92 Å². The summed E-state index contributed by atoms with van der Waals surface area (Å²) in [5, 5.41) is 0. The van der Waals surface area contributed by atoms with Crippen LogP contribution in [0, 0.1) is 5.92 Å². The van der Waals surface area contributed by atoms with Crippen LogP contribution < -0.4 is 21.5 Å². The second-order valence-electron chi connectivity index (χ2n) is 2.19. The van der Waals surface area contributed by atoms with Crippen LogP contribution in [0.2, 0.25) is 0 Å². The van der Waals surface area contributed by atoms with Crippen molar-refractivity contribution in [2.75, 3.05) is 4.43 Å². The van der Waals surface area contributed by atoms with Crippen LogP contribution in [0.15, 0.2) is 3.21 Å². The molecule has 0 radical (unpaired) electrons. The molecule has 0 bridgehead atoms. The second kappa shape index (κ2) is 3.43. The molecule has 1 fully saturated rings. The van der Waals surface area contributed by atoms with Crippen LogP contribution in [-0.2, 0) is 0 Å². The summed E-state index contributed by atoms with van der Waals surface area (Å²) in [7, 11) is 0. The van der Waals surface area contributed by atoms with E-state index >= 15 is 0 Å². The van der Waals surface area contributed by atoms with E-state index in [0.29, 0.717) is 0 Å². The van der Waals surface area contributed by atoms with Gasteiger partial charge >= 0.3 is 61.0 Å². The van der Waals surface area contributed by atoms with E-state index in [4.69, 9.17) is 0 Å². The maximum absolute atomic E-state index is 3.92. The van der Waals surface area contributed by atoms with Gasteiger partial charge in [0.15, 0.2) is 0 Å². The van der Waals surface area contributed by atoms with Crippen LogP contribution in [-0.4, -0.2) is 11.1 Å². The molecule has 0 saturated heterocycles. The molecule has 0 aliphatic heterocycles. The minimum atomic E-state index is 0.146. The molecule has 0 aromatic heterocycles. The normalized spacial score (nSPS) is 20.5. The van der Waals surface area contributed by atoms with Crippen LogP contribution in [0.4, 0.5) is 0 Å². The molecule has 0 unspecified atom stereocenters. The van der Waals surface area contributed by atoms with E-state index in [-0.39, 0.29) is 21.5 Å². The first-order valence-corrected chi connectivity index (χ1v) is 5.47. The molecule has 0 spiro atoms. The van der Waals surface area contributed by atoms with Gasteiger partial charge in [-0.3, -0.25) is 0 Å². The molecule has 0 aromatic carbocycles. The van der Waals surface area contributed by atoms with Gasteiger partial charge in [-0.1, -0.05) is 0 Å². The zero-order valence-electron chi connectivity index (χ0n) is 4.94. The van der Waals surface area contributed by atoms with E-state index in [1.807, 2.05) is 0 Å². The average molecular weight is 224 g/mol. The number of hydrogen-bond acceptors (Lipinski definition) is 1. The summed E-state index contributed by atoms with van der Waals surface area (Å²) in [5.74, 6) is 1.05. The zero-order valence-corrected chi connectivity index (χ0v) is 7.10. The first-order chi connectivity index (χ1) is 3.93. The molecule has 1 saturated carbocycles. The molecule has 0 aromatic rings. The number of rotatable bonds is 3. The van der Waals surface area contributed by atoms with Gasteiger partial charge in [-0.15, -0.1) is 0 Å². The average Bonchev–Trinajstić information content (AvgIpc) is 1.63. The molecule has 1 aliphatic rings. The standard InChI is InChI=1S/C6H11IN/c1-8-7-5-6-3-2-4-6/h6H,1-5H2/q-1. The molecule has 0 atom stereocenters. The fourth-order valence-corrected chi connectivity index (χ4v) is 2.51. The van der Waals surface area contributed by atoms with Crippen LogP contribution in [0.5, 0.6) is 0 Å². The molecule has 1 nitrogen and oxygen atoms in total. The van der Waals surface area contributed by atoms with Crippen molar-refractivity contribution in [3.05, 3.63) is 0 Å². The van der Waals surface area contributed by atoms with Crippen LogP contribution >= 0.6 is 0 Å².